The molecule has 0 atom stereocenters. The molecule has 0 fully saturated rings. The van der Waals surface area contributed by atoms with Gasteiger partial charge in [0.2, 0.25) is 0 Å². The number of rotatable bonds is 1. The van der Waals surface area contributed by atoms with E-state index in [9.17, 15) is 4.79 Å². The van der Waals surface area contributed by atoms with Gasteiger partial charge >= 0.3 is 6.09 Å². The molecule has 0 spiro atoms. The fraction of sp³-hybridized carbons (Fsp3) is 0.333. The molecule has 8 nitrogen and oxygen atoms in total. The van der Waals surface area contributed by atoms with E-state index in [4.69, 9.17) is 4.74 Å². The van der Waals surface area contributed by atoms with Crippen molar-refractivity contribution < 1.29 is 9.53 Å². The smallest absolute Gasteiger partial charge is 0.408 e. The van der Waals surface area contributed by atoms with Gasteiger partial charge in [-0.1, -0.05) is 18.0 Å². The summed E-state index contributed by atoms with van der Waals surface area (Å²) >= 11 is -0.575. The zero-order valence-electron chi connectivity index (χ0n) is 13.4. The summed E-state index contributed by atoms with van der Waals surface area (Å²) in [6, 6.07) is 0. The number of allylic oxidation sites excluding steroid dienone is 1. The number of anilines is 1. The maximum atomic E-state index is 11.5. The number of hydrazine groups is 1. The summed E-state index contributed by atoms with van der Waals surface area (Å²) in [7, 11) is 0. The Morgan fingerprint density at radius 1 is 1.42 bits per heavy atom. The predicted molar refractivity (Wildman–Crippen MR) is 99.5 cm³/mol. The summed E-state index contributed by atoms with van der Waals surface area (Å²) in [6.07, 6.45) is 6.62. The van der Waals surface area contributed by atoms with Crippen molar-refractivity contribution in [2.75, 3.05) is 11.6 Å². The monoisotopic (exact) mass is 439 g/mol. The van der Waals surface area contributed by atoms with Crippen molar-refractivity contribution in [3.05, 3.63) is 30.1 Å². The molecule has 0 aliphatic carbocycles. The van der Waals surface area contributed by atoms with Crippen LogP contribution in [0.15, 0.2) is 24.7 Å². The Labute approximate surface area is 150 Å². The second-order valence-corrected chi connectivity index (χ2v) is 8.30. The topological polar surface area (TPSA) is 84.7 Å². The second-order valence-electron chi connectivity index (χ2n) is 5.79. The molecule has 0 aromatic carbocycles. The number of fused-ring (bicyclic) bond motifs is 3. The number of carbonyl (C=O) groups excluding carboxylic acids is 1. The van der Waals surface area contributed by atoms with Gasteiger partial charge in [-0.15, -0.1) is 3.33 Å². The van der Waals surface area contributed by atoms with Crippen LogP contribution < -0.4 is 10.3 Å². The highest BCUT2D eigenvalue weighted by molar-refractivity contribution is 14.2. The van der Waals surface area contributed by atoms with Gasteiger partial charge in [-0.2, -0.15) is 0 Å². The van der Waals surface area contributed by atoms with Crippen LogP contribution in [0.2, 0.25) is 0 Å². The quantitative estimate of drug-likeness (QED) is 0.412. The SMILES string of the molecule is CC(C)(C)OC(=O)NCC#CC1=IN2[N-]c3nccnc3N2C=C1. The Kier molecular flexibility index (Phi) is 4.68. The molecule has 9 heteroatoms. The average Bonchev–Trinajstić information content (AvgIpc) is 2.87. The van der Waals surface area contributed by atoms with Gasteiger partial charge in [0, 0.05) is 33.4 Å². The zero-order valence-corrected chi connectivity index (χ0v) is 15.6. The van der Waals surface area contributed by atoms with Crippen molar-refractivity contribution in [1.82, 2.24) is 18.6 Å². The molecular formula is C15H16IN6O2-. The summed E-state index contributed by atoms with van der Waals surface area (Å²) in [5.74, 6) is 7.34. The molecule has 2 aliphatic heterocycles. The van der Waals surface area contributed by atoms with Crippen LogP contribution in [0.4, 0.5) is 16.4 Å². The van der Waals surface area contributed by atoms with Gasteiger partial charge in [0.25, 0.3) is 0 Å². The molecule has 126 valence electrons. The van der Waals surface area contributed by atoms with E-state index < -0.39 is 32.7 Å². The first-order valence-corrected chi connectivity index (χ1v) is 9.25. The lowest BCUT2D eigenvalue weighted by Crippen LogP contribution is -2.32. The van der Waals surface area contributed by atoms with Crippen LogP contribution in [0.3, 0.4) is 0 Å². The van der Waals surface area contributed by atoms with Crippen molar-refractivity contribution in [1.29, 1.82) is 0 Å². The highest BCUT2D eigenvalue weighted by atomic mass is 127. The summed E-state index contributed by atoms with van der Waals surface area (Å²) in [5.41, 5.74) is 3.91. The Hall–Kier alpha value is -2.19. The Balaban J connectivity index is 1.56. The van der Waals surface area contributed by atoms with Crippen LogP contribution in [0.1, 0.15) is 20.8 Å². The molecule has 3 rings (SSSR count). The first-order chi connectivity index (χ1) is 11.4. The number of alkyl carbamates (subject to hydrolysis) is 1. The van der Waals surface area contributed by atoms with E-state index >= 15 is 0 Å². The number of ether oxygens (including phenoxy) is 1. The van der Waals surface area contributed by atoms with Gasteiger partial charge in [0.1, 0.15) is 11.4 Å². The normalized spacial score (nSPS) is 15.8. The molecule has 24 heavy (non-hydrogen) atoms. The van der Waals surface area contributed by atoms with Crippen molar-refractivity contribution in [2.45, 2.75) is 26.4 Å². The van der Waals surface area contributed by atoms with Gasteiger partial charge in [-0.25, -0.2) is 9.78 Å². The number of nitrogens with zero attached hydrogens (tertiary/aromatic N) is 5. The van der Waals surface area contributed by atoms with Gasteiger partial charge in [0.15, 0.2) is 0 Å². The predicted octanol–water partition coefficient (Wildman–Crippen LogP) is 2.55. The second kappa shape index (κ2) is 6.74. The van der Waals surface area contributed by atoms with Crippen LogP contribution in [0, 0.1) is 11.8 Å². The van der Waals surface area contributed by atoms with Crippen molar-refractivity contribution in [3.63, 3.8) is 0 Å². The van der Waals surface area contributed by atoms with E-state index in [-0.39, 0.29) is 6.54 Å². The maximum absolute atomic E-state index is 11.5. The highest BCUT2D eigenvalue weighted by Gasteiger charge is 2.23. The Morgan fingerprint density at radius 3 is 3.00 bits per heavy atom. The largest absolute Gasteiger partial charge is 0.444 e. The number of halogens is 1. The molecule has 1 amide bonds. The van der Waals surface area contributed by atoms with E-state index in [1.54, 1.807) is 12.4 Å². The number of aromatic nitrogens is 2. The van der Waals surface area contributed by atoms with Crippen molar-refractivity contribution in [3.8, 4) is 11.8 Å². The number of carbonyl (C=O) groups is 1. The molecule has 2 aliphatic rings. The van der Waals surface area contributed by atoms with Gasteiger partial charge in [-0.3, -0.25) is 5.01 Å². The van der Waals surface area contributed by atoms with Crippen LogP contribution in [0.25, 0.3) is 5.43 Å². The third-order valence-corrected chi connectivity index (χ3v) is 4.95. The molecule has 1 N–H and O–H groups in total. The number of nitrogens with one attached hydrogen (secondary N) is 1. The fourth-order valence-corrected chi connectivity index (χ4v) is 3.80. The molecule has 1 aromatic rings. The lowest BCUT2D eigenvalue weighted by Gasteiger charge is -2.27. The summed E-state index contributed by atoms with van der Waals surface area (Å²) in [5, 5.41) is 4.49. The van der Waals surface area contributed by atoms with Crippen LogP contribution >= 0.6 is 21.0 Å². The summed E-state index contributed by atoms with van der Waals surface area (Å²) in [4.78, 5) is 20.0. The van der Waals surface area contributed by atoms with Crippen molar-refractivity contribution >= 4 is 42.2 Å². The Morgan fingerprint density at radius 2 is 2.21 bits per heavy atom. The summed E-state index contributed by atoms with van der Waals surface area (Å²) < 4.78 is 8.00. The van der Waals surface area contributed by atoms with E-state index in [0.29, 0.717) is 5.82 Å². The number of hydrogen-bond donors (Lipinski definition) is 1. The molecule has 0 unspecified atom stereocenters. The minimum Gasteiger partial charge on any atom is -0.444 e. The molecular weight excluding hydrogens is 423 g/mol. The lowest BCUT2D eigenvalue weighted by atomic mass is 10.2. The molecule has 3 heterocycles. The molecule has 0 bridgehead atoms. The van der Waals surface area contributed by atoms with Gasteiger partial charge in [-0.05, 0) is 32.7 Å². The molecule has 0 radical (unpaired) electrons. The first-order valence-electron chi connectivity index (χ1n) is 7.20. The standard InChI is InChI=1S/C15H17IN6O2/c1-15(2,3)24-14(23)19-7-4-5-11-6-10-21-13-12(17-8-9-18-13)20-22(21)16-11/h6,8-10H,7H2,1-3H3,(H2,17,19,20,23)/p-1. The van der Waals surface area contributed by atoms with E-state index in [1.165, 1.54) is 0 Å². The van der Waals surface area contributed by atoms with Crippen LogP contribution in [0.5, 0.6) is 0 Å². The van der Waals surface area contributed by atoms with Crippen LogP contribution in [-0.4, -0.2) is 35.0 Å². The van der Waals surface area contributed by atoms with Gasteiger partial charge < -0.3 is 20.5 Å². The van der Waals surface area contributed by atoms with E-state index in [2.05, 4.69) is 32.6 Å². The number of amides is 1. The average molecular weight is 439 g/mol. The fourth-order valence-electron chi connectivity index (χ4n) is 1.81. The molecule has 0 saturated carbocycles. The lowest BCUT2D eigenvalue weighted by molar-refractivity contribution is 0.0535. The van der Waals surface area contributed by atoms with Crippen LogP contribution in [-0.2, 0) is 4.74 Å². The Bertz CT molecular complexity index is 774. The minimum atomic E-state index is -0.575. The third kappa shape index (κ3) is 4.01. The van der Waals surface area contributed by atoms with E-state index in [0.717, 1.165) is 9.33 Å². The number of hydrogen-bond acceptors (Lipinski definition) is 6. The molecule has 1 aromatic heterocycles. The molecule has 0 saturated heterocycles. The van der Waals surface area contributed by atoms with Crippen molar-refractivity contribution in [2.24, 2.45) is 0 Å². The zero-order chi connectivity index (χ0) is 17.2. The highest BCUT2D eigenvalue weighted by Crippen LogP contribution is 2.43. The first kappa shape index (κ1) is 16.7. The van der Waals surface area contributed by atoms with E-state index in [1.807, 2.05) is 41.4 Å². The summed E-state index contributed by atoms with van der Waals surface area (Å²) in [6.45, 7) is 5.69. The maximum Gasteiger partial charge on any atom is 0.408 e. The van der Waals surface area contributed by atoms with Gasteiger partial charge in [0.05, 0.1) is 10.1 Å². The third-order valence-electron chi connectivity index (χ3n) is 2.69. The minimum absolute atomic E-state index is 0.236.